The maximum atomic E-state index is 11.8. The number of likely N-dealkylation sites (tertiary alicyclic amines) is 1. The number of β-amino-alcohol motifs (C(OH)–C–C–N with tert-alkyl or cyclic N) is 1. The molecule has 0 aliphatic carbocycles. The molecule has 0 bridgehead atoms. The zero-order chi connectivity index (χ0) is 14.0. The first-order valence-electron chi connectivity index (χ1n) is 5.70. The predicted octanol–water partition coefficient (Wildman–Crippen LogP) is 2.62. The number of rotatable bonds is 3. The van der Waals surface area contributed by atoms with E-state index in [1.807, 2.05) is 0 Å². The highest BCUT2D eigenvalue weighted by Gasteiger charge is 2.24. The van der Waals surface area contributed by atoms with Gasteiger partial charge in [0.25, 0.3) is 5.91 Å². The summed E-state index contributed by atoms with van der Waals surface area (Å²) in [7, 11) is 0. The highest BCUT2D eigenvalue weighted by molar-refractivity contribution is 6.43. The fraction of sp³-hybridized carbons (Fsp3) is 0.417. The Morgan fingerprint density at radius 3 is 2.63 bits per heavy atom. The van der Waals surface area contributed by atoms with Crippen LogP contribution in [0, 0.1) is 0 Å². The van der Waals surface area contributed by atoms with Crippen molar-refractivity contribution < 1.29 is 14.6 Å². The van der Waals surface area contributed by atoms with Crippen molar-refractivity contribution in [1.82, 2.24) is 4.90 Å². The minimum absolute atomic E-state index is 0.148. The number of nitrogens with zero attached hydrogens (tertiary/aromatic N) is 1. The van der Waals surface area contributed by atoms with Gasteiger partial charge in [-0.2, -0.15) is 0 Å². The van der Waals surface area contributed by atoms with Gasteiger partial charge < -0.3 is 14.7 Å². The summed E-state index contributed by atoms with van der Waals surface area (Å²) >= 11 is 17.6. The summed E-state index contributed by atoms with van der Waals surface area (Å²) in [4.78, 5) is 13.4. The van der Waals surface area contributed by atoms with Gasteiger partial charge in [-0.25, -0.2) is 0 Å². The van der Waals surface area contributed by atoms with E-state index in [1.54, 1.807) is 4.90 Å². The van der Waals surface area contributed by atoms with Gasteiger partial charge in [0.2, 0.25) is 0 Å². The average Bonchev–Trinajstić information content (AvgIpc) is 2.78. The highest BCUT2D eigenvalue weighted by Crippen LogP contribution is 2.33. The predicted molar refractivity (Wildman–Crippen MR) is 74.2 cm³/mol. The zero-order valence-corrected chi connectivity index (χ0v) is 12.2. The van der Waals surface area contributed by atoms with Crippen molar-refractivity contribution in [3.63, 3.8) is 0 Å². The summed E-state index contributed by atoms with van der Waals surface area (Å²) in [5.74, 6) is 0.114. The number of benzene rings is 1. The Bertz CT molecular complexity index is 495. The molecule has 0 radical (unpaired) electrons. The molecule has 2 rings (SSSR count). The minimum Gasteiger partial charge on any atom is -0.482 e. The quantitative estimate of drug-likeness (QED) is 0.870. The molecular weight excluding hydrogens is 312 g/mol. The van der Waals surface area contributed by atoms with Crippen molar-refractivity contribution in [2.75, 3.05) is 19.7 Å². The molecule has 1 aromatic carbocycles. The van der Waals surface area contributed by atoms with Crippen LogP contribution < -0.4 is 4.74 Å². The number of carbonyl (C=O) groups excluding carboxylic acids is 1. The molecule has 1 amide bonds. The third-order valence-corrected chi connectivity index (χ3v) is 3.86. The Labute approximate surface area is 125 Å². The van der Waals surface area contributed by atoms with Gasteiger partial charge in [-0.15, -0.1) is 0 Å². The van der Waals surface area contributed by atoms with Gasteiger partial charge in [0.15, 0.2) is 6.61 Å². The highest BCUT2D eigenvalue weighted by atomic mass is 35.5. The van der Waals surface area contributed by atoms with Crippen LogP contribution in [0.3, 0.4) is 0 Å². The monoisotopic (exact) mass is 323 g/mol. The fourth-order valence-electron chi connectivity index (χ4n) is 1.81. The van der Waals surface area contributed by atoms with Crippen molar-refractivity contribution in [2.24, 2.45) is 0 Å². The molecule has 0 spiro atoms. The van der Waals surface area contributed by atoms with Gasteiger partial charge in [0.05, 0.1) is 21.2 Å². The topological polar surface area (TPSA) is 49.8 Å². The van der Waals surface area contributed by atoms with E-state index in [4.69, 9.17) is 39.5 Å². The molecule has 1 N–H and O–H groups in total. The molecule has 1 saturated heterocycles. The summed E-state index contributed by atoms with van der Waals surface area (Å²) in [5, 5.41) is 10.3. The molecule has 0 aromatic heterocycles. The average molecular weight is 325 g/mol. The molecule has 1 fully saturated rings. The maximum Gasteiger partial charge on any atom is 0.260 e. The Morgan fingerprint density at radius 2 is 2.00 bits per heavy atom. The first kappa shape index (κ1) is 14.7. The number of aliphatic hydroxyl groups excluding tert-OH is 1. The van der Waals surface area contributed by atoms with E-state index < -0.39 is 6.10 Å². The summed E-state index contributed by atoms with van der Waals surface area (Å²) < 4.78 is 5.33. The third kappa shape index (κ3) is 3.66. The largest absolute Gasteiger partial charge is 0.482 e. The SMILES string of the molecule is O=C(COc1cc(Cl)c(Cl)cc1Cl)N1CC[C@@H](O)C1. The van der Waals surface area contributed by atoms with Gasteiger partial charge in [-0.05, 0) is 12.5 Å². The van der Waals surface area contributed by atoms with E-state index in [9.17, 15) is 9.90 Å². The standard InChI is InChI=1S/C12H12Cl3NO3/c13-8-3-10(15)11(4-9(8)14)19-6-12(18)16-2-1-7(17)5-16/h3-4,7,17H,1-2,5-6H2/t7-/m1/s1. The first-order chi connectivity index (χ1) is 8.97. The molecule has 1 aliphatic rings. The van der Waals surface area contributed by atoms with E-state index in [1.165, 1.54) is 12.1 Å². The molecule has 7 heteroatoms. The molecule has 1 heterocycles. The van der Waals surface area contributed by atoms with Crippen LogP contribution in [0.4, 0.5) is 0 Å². The number of ether oxygens (including phenoxy) is 1. The summed E-state index contributed by atoms with van der Waals surface area (Å²) in [6, 6.07) is 2.93. The smallest absolute Gasteiger partial charge is 0.260 e. The van der Waals surface area contributed by atoms with Crippen LogP contribution in [0.1, 0.15) is 6.42 Å². The summed E-state index contributed by atoms with van der Waals surface area (Å²) in [6.45, 7) is 0.736. The molecular formula is C12H12Cl3NO3. The van der Waals surface area contributed by atoms with E-state index in [2.05, 4.69) is 0 Å². The van der Waals surface area contributed by atoms with Gasteiger partial charge in [0.1, 0.15) is 5.75 Å². The third-order valence-electron chi connectivity index (χ3n) is 2.84. The van der Waals surface area contributed by atoms with E-state index in [0.717, 1.165) is 0 Å². The normalized spacial score (nSPS) is 18.7. The van der Waals surface area contributed by atoms with Crippen LogP contribution in [0.5, 0.6) is 5.75 Å². The number of hydrogen-bond donors (Lipinski definition) is 1. The number of amides is 1. The van der Waals surface area contributed by atoms with Crippen molar-refractivity contribution >= 4 is 40.7 Å². The van der Waals surface area contributed by atoms with Gasteiger partial charge in [-0.1, -0.05) is 34.8 Å². The summed E-state index contributed by atoms with van der Waals surface area (Å²) in [5.41, 5.74) is 0. The van der Waals surface area contributed by atoms with Crippen LogP contribution in [0.25, 0.3) is 0 Å². The van der Waals surface area contributed by atoms with E-state index >= 15 is 0 Å². The van der Waals surface area contributed by atoms with E-state index in [0.29, 0.717) is 40.3 Å². The minimum atomic E-state index is -0.447. The lowest BCUT2D eigenvalue weighted by Crippen LogP contribution is -2.33. The lowest BCUT2D eigenvalue weighted by Gasteiger charge is -2.16. The van der Waals surface area contributed by atoms with E-state index in [-0.39, 0.29) is 12.5 Å². The second-order valence-electron chi connectivity index (χ2n) is 4.27. The van der Waals surface area contributed by atoms with Crippen LogP contribution in [-0.4, -0.2) is 41.7 Å². The Kier molecular flexibility index (Phi) is 4.79. The molecule has 4 nitrogen and oxygen atoms in total. The van der Waals surface area contributed by atoms with Crippen LogP contribution >= 0.6 is 34.8 Å². The van der Waals surface area contributed by atoms with Gasteiger partial charge >= 0.3 is 0 Å². The number of carbonyl (C=O) groups is 1. The van der Waals surface area contributed by atoms with Gasteiger partial charge in [-0.3, -0.25) is 4.79 Å². The molecule has 1 atom stereocenters. The lowest BCUT2D eigenvalue weighted by atomic mass is 10.3. The fourth-order valence-corrected chi connectivity index (χ4v) is 2.41. The number of halogens is 3. The Morgan fingerprint density at radius 1 is 1.32 bits per heavy atom. The molecule has 1 aromatic rings. The Hall–Kier alpha value is -0.680. The van der Waals surface area contributed by atoms with Crippen molar-refractivity contribution in [3.05, 3.63) is 27.2 Å². The number of aliphatic hydroxyl groups is 1. The molecule has 19 heavy (non-hydrogen) atoms. The first-order valence-corrected chi connectivity index (χ1v) is 6.84. The van der Waals surface area contributed by atoms with Crippen LogP contribution in [-0.2, 0) is 4.79 Å². The lowest BCUT2D eigenvalue weighted by molar-refractivity contribution is -0.132. The zero-order valence-electron chi connectivity index (χ0n) is 9.91. The Balaban J connectivity index is 1.95. The molecule has 1 aliphatic heterocycles. The molecule has 0 saturated carbocycles. The number of hydrogen-bond acceptors (Lipinski definition) is 3. The molecule has 104 valence electrons. The maximum absolute atomic E-state index is 11.8. The summed E-state index contributed by atoms with van der Waals surface area (Å²) in [6.07, 6.45) is 0.150. The van der Waals surface area contributed by atoms with Crippen molar-refractivity contribution in [2.45, 2.75) is 12.5 Å². The van der Waals surface area contributed by atoms with Crippen molar-refractivity contribution in [3.8, 4) is 5.75 Å². The second kappa shape index (κ2) is 6.18. The second-order valence-corrected chi connectivity index (χ2v) is 5.49. The van der Waals surface area contributed by atoms with Crippen molar-refractivity contribution in [1.29, 1.82) is 0 Å². The van der Waals surface area contributed by atoms with Gasteiger partial charge in [0, 0.05) is 19.2 Å². The van der Waals surface area contributed by atoms with Crippen LogP contribution in [0.2, 0.25) is 15.1 Å². The molecule has 0 unspecified atom stereocenters. The van der Waals surface area contributed by atoms with Crippen LogP contribution in [0.15, 0.2) is 12.1 Å².